The molecule has 0 unspecified atom stereocenters. The first kappa shape index (κ1) is 53.6. The molecule has 0 aliphatic rings. The van der Waals surface area contributed by atoms with Crippen LogP contribution in [0.4, 0.5) is 0 Å². The Labute approximate surface area is 258 Å². The summed E-state index contributed by atoms with van der Waals surface area (Å²) in [6, 6.07) is 0. The molecule has 0 amide bonds. The van der Waals surface area contributed by atoms with Crippen LogP contribution in [0.3, 0.4) is 0 Å². The zero-order valence-corrected chi connectivity index (χ0v) is 30.4. The number of thioether (sulfide) groups is 1. The molecule has 0 aliphatic heterocycles. The Morgan fingerprint density at radius 2 is 1.15 bits per heavy atom. The lowest BCUT2D eigenvalue weighted by Crippen LogP contribution is -2.73. The summed E-state index contributed by atoms with van der Waals surface area (Å²) >= 11 is 10.3. The fourth-order valence-electron chi connectivity index (χ4n) is 1.59. The van der Waals surface area contributed by atoms with Crippen molar-refractivity contribution in [2.75, 3.05) is 45.0 Å². The van der Waals surface area contributed by atoms with E-state index in [0.717, 1.165) is 77.5 Å². The van der Waals surface area contributed by atoms with E-state index in [2.05, 4.69) is 76.6 Å². The van der Waals surface area contributed by atoms with E-state index >= 15 is 0 Å². The van der Waals surface area contributed by atoms with Crippen LogP contribution in [0.1, 0.15) is 90.0 Å². The minimum Gasteiger partial charge on any atom is -0.389 e. The summed E-state index contributed by atoms with van der Waals surface area (Å²) in [4.78, 5) is 9.67. The molecule has 0 saturated carbocycles. The van der Waals surface area contributed by atoms with Gasteiger partial charge in [0.15, 0.2) is 0 Å². The van der Waals surface area contributed by atoms with E-state index in [4.69, 9.17) is 16.9 Å². The van der Waals surface area contributed by atoms with Crippen molar-refractivity contribution in [2.24, 2.45) is 11.5 Å². The smallest absolute Gasteiger partial charge is 0.237 e. The van der Waals surface area contributed by atoms with Gasteiger partial charge in [-0.15, -0.1) is 0 Å². The number of thiocarbonyl (C=S) groups is 1. The van der Waals surface area contributed by atoms with Crippen LogP contribution in [0.15, 0.2) is 12.3 Å². The number of amidine groups is 2. The molecule has 0 bridgehead atoms. The van der Waals surface area contributed by atoms with Crippen LogP contribution in [0, 0.1) is 0 Å². The Morgan fingerprint density at radius 1 is 0.821 bits per heavy atom. The molecule has 0 heterocycles. The number of quaternary nitrogens is 1. The second-order valence-electron chi connectivity index (χ2n) is 7.48. The van der Waals surface area contributed by atoms with E-state index < -0.39 is 0 Å². The molecule has 0 aromatic carbocycles. The molecule has 39 heavy (non-hydrogen) atoms. The molecule has 0 fully saturated rings. The van der Waals surface area contributed by atoms with Gasteiger partial charge in [-0.05, 0) is 55.4 Å². The Bertz CT molecular complexity index is 514. The fraction of sp³-hybridized carbons (Fsp3) is 0.741. The maximum absolute atomic E-state index is 5.28. The van der Waals surface area contributed by atoms with E-state index in [1.54, 1.807) is 11.8 Å². The Balaban J connectivity index is -0.0000000617. The topological polar surface area (TPSA) is 171 Å². The molecule has 0 aromatic rings. The molecule has 0 saturated heterocycles. The van der Waals surface area contributed by atoms with E-state index in [1.807, 2.05) is 76.2 Å². The van der Waals surface area contributed by atoms with E-state index in [-0.39, 0.29) is 0 Å². The molecule has 0 aromatic heterocycles. The minimum atomic E-state index is 0.789. The van der Waals surface area contributed by atoms with Crippen LogP contribution in [0.2, 0.25) is 0 Å². The standard InChI is InChI=1S/C5H11N.2C4H10N2.3C4H9NS.C2H7N/c1-4-6-5(2)3;3*1-3-6-4(2)5;2*1-3-5-4(2)6;1-2-3/h6H,2,4H2,1,3H3;2*3H2,1-2H3,(H2,5,6);5H,3H2,1-2H3;2*3H2,1-2H3,(H,5,6);2-3H2,1H3/p+5. The van der Waals surface area contributed by atoms with Crippen LogP contribution in [-0.4, -0.2) is 71.8 Å². The highest BCUT2D eigenvalue weighted by atomic mass is 32.2. The maximum atomic E-state index is 5.28. The average Bonchev–Trinajstić information content (AvgIpc) is 2.76. The molecule has 0 spiro atoms. The lowest BCUT2D eigenvalue weighted by molar-refractivity contribution is -0.454. The number of allylic oxidation sites excluding steroid dienone is 1. The van der Waals surface area contributed by atoms with Crippen molar-refractivity contribution in [2.45, 2.75) is 90.0 Å². The zero-order valence-electron chi connectivity index (χ0n) is 27.9. The monoisotopic (exact) mass is 616 g/mol. The molecular formula is C27H70N9S3+5. The van der Waals surface area contributed by atoms with Gasteiger partial charge in [0.25, 0.3) is 0 Å². The van der Waals surface area contributed by atoms with Crippen LogP contribution in [0.5, 0.6) is 0 Å². The second-order valence-corrected chi connectivity index (χ2v) is 10.3. The van der Waals surface area contributed by atoms with Crippen molar-refractivity contribution in [1.82, 2.24) is 10.6 Å². The lowest BCUT2D eigenvalue weighted by Gasteiger charge is -1.95. The zero-order chi connectivity index (χ0) is 32.7. The van der Waals surface area contributed by atoms with Gasteiger partial charge in [-0.25, -0.2) is 4.99 Å². The van der Waals surface area contributed by atoms with Crippen LogP contribution in [-0.2, 0) is 0 Å². The van der Waals surface area contributed by atoms with Gasteiger partial charge < -0.3 is 16.4 Å². The molecule has 12 heteroatoms. The maximum Gasteiger partial charge on any atom is 0.237 e. The first-order chi connectivity index (χ1) is 18.0. The number of hydrogen-bond acceptors (Lipinski definition) is 3. The van der Waals surface area contributed by atoms with Gasteiger partial charge in [-0.1, -0.05) is 50.1 Å². The largest absolute Gasteiger partial charge is 0.389 e. The summed E-state index contributed by atoms with van der Waals surface area (Å²) in [5.74, 6) is 2.66. The second kappa shape index (κ2) is 52.7. The Morgan fingerprint density at radius 3 is 1.15 bits per heavy atom. The number of hydrogen-bond donors (Lipinski definition) is 10. The third-order valence-corrected chi connectivity index (χ3v) is 3.67. The Hall–Kier alpha value is -1.63. The molecular weight excluding hydrogens is 547 g/mol. The van der Waals surface area contributed by atoms with Crippen molar-refractivity contribution in [1.29, 1.82) is 0 Å². The van der Waals surface area contributed by atoms with E-state index in [0.29, 0.717) is 0 Å². The highest BCUT2D eigenvalue weighted by molar-refractivity contribution is 8.13. The van der Waals surface area contributed by atoms with Crippen LogP contribution < -0.4 is 48.2 Å². The molecule has 9 nitrogen and oxygen atoms in total. The quantitative estimate of drug-likeness (QED) is 0.0662. The SMILES string of the molecule is C=C(C)NCC.CCNC(C)=S.CCSC(C)=[NH2+].CC[NH+]=C(C)N.CC[NH+]=C(C)N.CC[NH+]=C(C)S.CC[NH3+]. The highest BCUT2D eigenvalue weighted by Gasteiger charge is 1.86. The van der Waals surface area contributed by atoms with Gasteiger partial charge in [0, 0.05) is 52.2 Å². The molecule has 0 atom stereocenters. The summed E-state index contributed by atoms with van der Waals surface area (Å²) in [5, 5.41) is 13.2. The normalized spacial score (nSPS) is 9.67. The fourth-order valence-corrected chi connectivity index (χ4v) is 2.35. The highest BCUT2D eigenvalue weighted by Crippen LogP contribution is 1.94. The first-order valence-corrected chi connectivity index (χ1v) is 15.4. The van der Waals surface area contributed by atoms with Gasteiger partial charge in [-0.3, -0.25) is 26.9 Å². The summed E-state index contributed by atoms with van der Waals surface area (Å²) in [5.41, 5.74) is 14.9. The van der Waals surface area contributed by atoms with Gasteiger partial charge in [0.05, 0.1) is 24.6 Å². The van der Waals surface area contributed by atoms with Gasteiger partial charge >= 0.3 is 0 Å². The number of thiol groups is 1. The third kappa shape index (κ3) is 160. The summed E-state index contributed by atoms with van der Waals surface area (Å²) in [6.45, 7) is 34.9. The molecule has 0 radical (unpaired) electrons. The van der Waals surface area contributed by atoms with Gasteiger partial charge in [0.2, 0.25) is 21.8 Å². The van der Waals surface area contributed by atoms with Crippen molar-refractivity contribution < 1.29 is 26.1 Å². The predicted molar refractivity (Wildman–Crippen MR) is 189 cm³/mol. The number of rotatable bonds is 7. The van der Waals surface area contributed by atoms with Crippen LogP contribution in [0.25, 0.3) is 0 Å². The third-order valence-electron chi connectivity index (χ3n) is 2.62. The predicted octanol–water partition coefficient (Wildman–Crippen LogP) is -2.40. The van der Waals surface area contributed by atoms with Gasteiger partial charge in [-0.2, -0.15) is 0 Å². The lowest BCUT2D eigenvalue weighted by atomic mass is 10.5. The van der Waals surface area contributed by atoms with E-state index in [9.17, 15) is 0 Å². The molecule has 14 N–H and O–H groups in total. The van der Waals surface area contributed by atoms with Crippen molar-refractivity contribution in [3.63, 3.8) is 0 Å². The molecule has 0 aliphatic carbocycles. The van der Waals surface area contributed by atoms with E-state index in [1.165, 1.54) is 0 Å². The summed E-state index contributed by atoms with van der Waals surface area (Å²) in [6.07, 6.45) is 0. The minimum absolute atomic E-state index is 0.789. The molecule has 0 rings (SSSR count). The van der Waals surface area contributed by atoms with Crippen LogP contribution >= 0.6 is 36.6 Å². The van der Waals surface area contributed by atoms with Gasteiger partial charge in [0.1, 0.15) is 6.54 Å². The number of nitrogens with one attached hydrogen (secondary N) is 5. The summed E-state index contributed by atoms with van der Waals surface area (Å²) in [7, 11) is 0. The van der Waals surface area contributed by atoms with Crippen molar-refractivity contribution >= 4 is 63.4 Å². The number of nitrogens with two attached hydrogens (primary N) is 3. The summed E-state index contributed by atoms with van der Waals surface area (Å²) < 4.78 is 0. The Kier molecular flexibility index (Phi) is 72.5. The molecule has 236 valence electrons. The average molecular weight is 617 g/mol. The first-order valence-electron chi connectivity index (χ1n) is 13.6. The van der Waals surface area contributed by atoms with Crippen molar-refractivity contribution in [3.8, 4) is 0 Å². The van der Waals surface area contributed by atoms with Crippen molar-refractivity contribution in [3.05, 3.63) is 12.3 Å².